The van der Waals surface area contributed by atoms with Crippen LogP contribution in [0.3, 0.4) is 0 Å². The Balaban J connectivity index is 2.38. The van der Waals surface area contributed by atoms with Gasteiger partial charge in [-0.05, 0) is 17.7 Å². The minimum atomic E-state index is -4.82. The number of alkyl halides is 3. The van der Waals surface area contributed by atoms with E-state index in [2.05, 4.69) is 9.97 Å². The van der Waals surface area contributed by atoms with E-state index in [4.69, 9.17) is 11.6 Å². The zero-order chi connectivity index (χ0) is 16.4. The number of aromatic nitrogens is 2. The molecule has 2 rings (SSSR count). The van der Waals surface area contributed by atoms with E-state index in [0.29, 0.717) is 0 Å². The number of sulfonamides is 1. The summed E-state index contributed by atoms with van der Waals surface area (Å²) in [5.41, 5.74) is -0.280. The van der Waals surface area contributed by atoms with Gasteiger partial charge in [0.15, 0.2) is 0 Å². The van der Waals surface area contributed by atoms with Crippen LogP contribution in [0.4, 0.5) is 13.2 Å². The van der Waals surface area contributed by atoms with Crippen molar-refractivity contribution in [3.05, 3.63) is 53.6 Å². The van der Waals surface area contributed by atoms with E-state index < -0.39 is 27.1 Å². The fourth-order valence-electron chi connectivity index (χ4n) is 1.63. The lowest BCUT2D eigenvalue weighted by Crippen LogP contribution is -2.38. The summed E-state index contributed by atoms with van der Waals surface area (Å²) in [7, 11) is -4.43. The van der Waals surface area contributed by atoms with Crippen molar-refractivity contribution in [3.8, 4) is 0 Å². The van der Waals surface area contributed by atoms with Crippen LogP contribution in [0, 0.1) is 0 Å². The third-order valence-corrected chi connectivity index (χ3v) is 4.28. The lowest BCUT2D eigenvalue weighted by Gasteiger charge is -2.21. The Hall–Kier alpha value is -1.71. The number of benzene rings is 1. The van der Waals surface area contributed by atoms with Gasteiger partial charge >= 0.3 is 6.18 Å². The van der Waals surface area contributed by atoms with E-state index in [1.54, 1.807) is 4.72 Å². The van der Waals surface area contributed by atoms with Crippen LogP contribution in [0.25, 0.3) is 0 Å². The summed E-state index contributed by atoms with van der Waals surface area (Å²) in [6.45, 7) is 0. The average Bonchev–Trinajstić information content (AvgIpc) is 2.46. The number of hydrogen-bond acceptors (Lipinski definition) is 4. The molecule has 0 saturated heterocycles. The summed E-state index contributed by atoms with van der Waals surface area (Å²) in [6, 6.07) is 2.29. The summed E-state index contributed by atoms with van der Waals surface area (Å²) in [4.78, 5) is 6.49. The predicted octanol–water partition coefficient (Wildman–Crippen LogP) is 2.71. The maximum Gasteiger partial charge on any atom is 0.408 e. The van der Waals surface area contributed by atoms with E-state index in [0.717, 1.165) is 30.9 Å². The normalized spacial score (nSPS) is 13.8. The van der Waals surface area contributed by atoms with Crippen LogP contribution in [0.2, 0.25) is 5.02 Å². The quantitative estimate of drug-likeness (QED) is 0.919. The Bertz CT molecular complexity index is 736. The second-order valence-electron chi connectivity index (χ2n) is 4.22. The van der Waals surface area contributed by atoms with Crippen LogP contribution >= 0.6 is 11.6 Å². The molecule has 10 heteroatoms. The molecule has 1 heterocycles. The van der Waals surface area contributed by atoms with E-state index in [1.807, 2.05) is 0 Å². The predicted molar refractivity (Wildman–Crippen MR) is 72.6 cm³/mol. The molecule has 1 aromatic heterocycles. The van der Waals surface area contributed by atoms with Crippen LogP contribution in [0.15, 0.2) is 47.9 Å². The van der Waals surface area contributed by atoms with E-state index in [1.165, 1.54) is 12.1 Å². The van der Waals surface area contributed by atoms with Gasteiger partial charge in [0.1, 0.15) is 17.3 Å². The van der Waals surface area contributed by atoms with Gasteiger partial charge in [0.25, 0.3) is 0 Å². The highest BCUT2D eigenvalue weighted by Crippen LogP contribution is 2.34. The molecule has 0 aliphatic heterocycles. The van der Waals surface area contributed by atoms with Gasteiger partial charge in [-0.3, -0.25) is 0 Å². The molecule has 0 radical (unpaired) electrons. The first kappa shape index (κ1) is 16.7. The van der Waals surface area contributed by atoms with Crippen molar-refractivity contribution in [2.75, 3.05) is 0 Å². The fourth-order valence-corrected chi connectivity index (χ4v) is 2.87. The van der Waals surface area contributed by atoms with E-state index >= 15 is 0 Å². The molecule has 0 saturated carbocycles. The molecular formula is C12H9ClF3N3O2S. The highest BCUT2D eigenvalue weighted by Gasteiger charge is 2.43. The molecule has 0 spiro atoms. The largest absolute Gasteiger partial charge is 0.408 e. The lowest BCUT2D eigenvalue weighted by atomic mass is 10.1. The van der Waals surface area contributed by atoms with Crippen LogP contribution < -0.4 is 4.72 Å². The number of hydrogen-bond donors (Lipinski definition) is 1. The highest BCUT2D eigenvalue weighted by molar-refractivity contribution is 7.89. The number of rotatable bonds is 4. The molecule has 0 aliphatic carbocycles. The van der Waals surface area contributed by atoms with E-state index in [-0.39, 0.29) is 10.6 Å². The molecule has 0 amide bonds. The summed E-state index contributed by atoms with van der Waals surface area (Å²) in [6.07, 6.45) is -1.94. The number of halogens is 4. The Labute approximate surface area is 129 Å². The summed E-state index contributed by atoms with van der Waals surface area (Å²) in [5.74, 6) is 0. The van der Waals surface area contributed by atoms with Gasteiger partial charge in [-0.25, -0.2) is 18.4 Å². The molecule has 118 valence electrons. The monoisotopic (exact) mass is 351 g/mol. The Kier molecular flexibility index (Phi) is 4.69. The van der Waals surface area contributed by atoms with Crippen molar-refractivity contribution >= 4 is 21.6 Å². The molecule has 1 aromatic carbocycles. The first-order chi connectivity index (χ1) is 10.2. The van der Waals surface area contributed by atoms with Crippen molar-refractivity contribution in [2.24, 2.45) is 0 Å². The second-order valence-corrected chi connectivity index (χ2v) is 6.37. The summed E-state index contributed by atoms with van der Waals surface area (Å²) in [5, 5.41) is 0.240. The van der Waals surface area contributed by atoms with Crippen LogP contribution in [-0.2, 0) is 10.0 Å². The molecule has 1 N–H and O–H groups in total. The molecule has 5 nitrogen and oxygen atoms in total. The standard InChI is InChI=1S/C12H9ClF3N3O2S/c13-9-3-1-8(2-4-9)11(12(14,15)16)19-22(20,21)10-5-17-7-18-6-10/h1-7,11,19H. The van der Waals surface area contributed by atoms with Crippen molar-refractivity contribution in [1.82, 2.24) is 14.7 Å². The van der Waals surface area contributed by atoms with Gasteiger partial charge in [-0.1, -0.05) is 23.7 Å². The van der Waals surface area contributed by atoms with Gasteiger partial charge in [0.2, 0.25) is 10.0 Å². The molecule has 1 unspecified atom stereocenters. The third kappa shape index (κ3) is 3.93. The zero-order valence-corrected chi connectivity index (χ0v) is 12.3. The van der Waals surface area contributed by atoms with Crippen molar-refractivity contribution in [1.29, 1.82) is 0 Å². The molecular weight excluding hydrogens is 343 g/mol. The van der Waals surface area contributed by atoms with Crippen molar-refractivity contribution in [3.63, 3.8) is 0 Å². The van der Waals surface area contributed by atoms with Crippen LogP contribution in [-0.4, -0.2) is 24.6 Å². The molecule has 0 bridgehead atoms. The van der Waals surface area contributed by atoms with Gasteiger partial charge < -0.3 is 0 Å². The first-order valence-corrected chi connectivity index (χ1v) is 7.66. The second kappa shape index (κ2) is 6.19. The molecule has 2 aromatic rings. The molecule has 1 atom stereocenters. The molecule has 0 aliphatic rings. The van der Waals surface area contributed by atoms with Crippen molar-refractivity contribution in [2.45, 2.75) is 17.1 Å². The Morgan fingerprint density at radius 3 is 2.14 bits per heavy atom. The average molecular weight is 352 g/mol. The van der Waals surface area contributed by atoms with Crippen molar-refractivity contribution < 1.29 is 21.6 Å². The number of nitrogens with zero attached hydrogens (tertiary/aromatic N) is 2. The maximum absolute atomic E-state index is 13.2. The highest BCUT2D eigenvalue weighted by atomic mass is 35.5. The minimum Gasteiger partial charge on any atom is -0.243 e. The smallest absolute Gasteiger partial charge is 0.243 e. The van der Waals surface area contributed by atoms with Gasteiger partial charge in [0, 0.05) is 5.02 Å². The number of nitrogens with one attached hydrogen (secondary N) is 1. The SMILES string of the molecule is O=S(=O)(NC(c1ccc(Cl)cc1)C(F)(F)F)c1cncnc1. The lowest BCUT2D eigenvalue weighted by molar-refractivity contribution is -0.153. The molecule has 22 heavy (non-hydrogen) atoms. The van der Waals surface area contributed by atoms with Gasteiger partial charge in [-0.2, -0.15) is 17.9 Å². The molecule has 0 fully saturated rings. The topological polar surface area (TPSA) is 72.0 Å². The first-order valence-electron chi connectivity index (χ1n) is 5.80. The Morgan fingerprint density at radius 1 is 1.09 bits per heavy atom. The van der Waals surface area contributed by atoms with E-state index in [9.17, 15) is 21.6 Å². The fraction of sp³-hybridized carbons (Fsp3) is 0.167. The summed E-state index contributed by atoms with van der Waals surface area (Å²) < 4.78 is 65.1. The van der Waals surface area contributed by atoms with Crippen LogP contribution in [0.5, 0.6) is 0 Å². The van der Waals surface area contributed by atoms with Crippen LogP contribution in [0.1, 0.15) is 11.6 Å². The Morgan fingerprint density at radius 2 is 1.64 bits per heavy atom. The summed E-state index contributed by atoms with van der Waals surface area (Å²) >= 11 is 5.62. The van der Waals surface area contributed by atoms with Gasteiger partial charge in [-0.15, -0.1) is 0 Å². The van der Waals surface area contributed by atoms with Gasteiger partial charge in [0.05, 0.1) is 12.4 Å². The minimum absolute atomic E-state index is 0.240. The third-order valence-electron chi connectivity index (χ3n) is 2.65. The zero-order valence-electron chi connectivity index (χ0n) is 10.7. The maximum atomic E-state index is 13.2.